The molecule has 0 atom stereocenters. The highest BCUT2D eigenvalue weighted by atomic mass is 79.9. The molecule has 0 saturated carbocycles. The normalized spacial score (nSPS) is 12.4. The lowest BCUT2D eigenvalue weighted by Crippen LogP contribution is -2.17. The zero-order valence-electron chi connectivity index (χ0n) is 7.75. The summed E-state index contributed by atoms with van der Waals surface area (Å²) in [7, 11) is 0. The van der Waals surface area contributed by atoms with E-state index in [1.807, 2.05) is 0 Å². The fraction of sp³-hybridized carbons (Fsp3) is 0.222. The van der Waals surface area contributed by atoms with Crippen LogP contribution in [0, 0.1) is 11.3 Å². The summed E-state index contributed by atoms with van der Waals surface area (Å²) in [5.74, 6) is 0. The Morgan fingerprint density at radius 1 is 1.00 bits per heavy atom. The number of halogens is 7. The molecule has 1 aromatic carbocycles. The molecular weight excluding hydrogens is 316 g/mol. The summed E-state index contributed by atoms with van der Waals surface area (Å²) in [6.45, 7) is 0. The monoisotopic (exact) mass is 317 g/mol. The van der Waals surface area contributed by atoms with Crippen LogP contribution >= 0.6 is 15.9 Å². The van der Waals surface area contributed by atoms with Crippen molar-refractivity contribution >= 4 is 15.9 Å². The Morgan fingerprint density at radius 2 is 1.53 bits per heavy atom. The van der Waals surface area contributed by atoms with Gasteiger partial charge in [-0.05, 0) is 28.1 Å². The highest BCUT2D eigenvalue weighted by Gasteiger charge is 2.45. The molecule has 1 nitrogen and oxygen atoms in total. The smallest absolute Gasteiger partial charge is 0.192 e. The molecule has 0 aliphatic carbocycles. The molecule has 0 N–H and O–H groups in total. The van der Waals surface area contributed by atoms with Crippen molar-refractivity contribution in [2.45, 2.75) is 12.4 Å². The van der Waals surface area contributed by atoms with Crippen LogP contribution in [0.4, 0.5) is 26.3 Å². The molecule has 0 heterocycles. The topological polar surface area (TPSA) is 23.8 Å². The van der Waals surface area contributed by atoms with E-state index in [4.69, 9.17) is 5.26 Å². The number of nitrogens with zero attached hydrogens (tertiary/aromatic N) is 1. The van der Waals surface area contributed by atoms with E-state index in [2.05, 4.69) is 15.9 Å². The van der Waals surface area contributed by atoms with Crippen molar-refractivity contribution in [3.63, 3.8) is 0 Å². The molecule has 8 heteroatoms. The van der Waals surface area contributed by atoms with Gasteiger partial charge in [0.2, 0.25) is 0 Å². The zero-order valence-corrected chi connectivity index (χ0v) is 9.33. The number of hydrogen-bond acceptors (Lipinski definition) is 1. The van der Waals surface area contributed by atoms with E-state index in [1.54, 1.807) is 0 Å². The summed E-state index contributed by atoms with van der Waals surface area (Å²) in [5.41, 5.74) is -4.22. The summed E-state index contributed by atoms with van der Waals surface area (Å²) >= 11 is 2.38. The van der Waals surface area contributed by atoms with Crippen molar-refractivity contribution in [2.24, 2.45) is 0 Å². The van der Waals surface area contributed by atoms with Crippen molar-refractivity contribution in [2.75, 3.05) is 0 Å². The van der Waals surface area contributed by atoms with Crippen molar-refractivity contribution in [1.82, 2.24) is 0 Å². The maximum Gasteiger partial charge on any atom is 0.418 e. The van der Waals surface area contributed by atoms with Gasteiger partial charge >= 0.3 is 12.4 Å². The molecule has 1 rings (SSSR count). The summed E-state index contributed by atoms with van der Waals surface area (Å²) in [6.07, 6.45) is -10.3. The molecule has 0 spiro atoms. The third-order valence-electron chi connectivity index (χ3n) is 1.85. The molecular formula is C9H2BrF6N. The average Bonchev–Trinajstić information content (AvgIpc) is 2.13. The third-order valence-corrected chi connectivity index (χ3v) is 2.67. The van der Waals surface area contributed by atoms with E-state index in [9.17, 15) is 26.3 Å². The first kappa shape index (κ1) is 13.8. The van der Waals surface area contributed by atoms with Crippen molar-refractivity contribution in [1.29, 1.82) is 5.26 Å². The van der Waals surface area contributed by atoms with Gasteiger partial charge in [-0.1, -0.05) is 0 Å². The fourth-order valence-corrected chi connectivity index (χ4v) is 1.83. The third kappa shape index (κ3) is 2.72. The van der Waals surface area contributed by atoms with Crippen LogP contribution in [0.1, 0.15) is 16.7 Å². The van der Waals surface area contributed by atoms with Gasteiger partial charge in [0.15, 0.2) is 0 Å². The van der Waals surface area contributed by atoms with Gasteiger partial charge in [-0.25, -0.2) is 0 Å². The molecule has 0 saturated heterocycles. The minimum Gasteiger partial charge on any atom is -0.192 e. The van der Waals surface area contributed by atoms with Crippen LogP contribution < -0.4 is 0 Å². The maximum atomic E-state index is 12.5. The predicted molar refractivity (Wildman–Crippen MR) is 48.9 cm³/mol. The SMILES string of the molecule is N#Cc1ccc(C(F)(F)F)c(C(F)(F)F)c1Br. The van der Waals surface area contributed by atoms with Gasteiger partial charge in [0.1, 0.15) is 6.07 Å². The van der Waals surface area contributed by atoms with E-state index < -0.39 is 33.5 Å². The Morgan fingerprint density at radius 3 is 1.88 bits per heavy atom. The lowest BCUT2D eigenvalue weighted by atomic mass is 10.0. The Hall–Kier alpha value is -1.23. The second kappa shape index (κ2) is 4.22. The molecule has 0 aliphatic heterocycles. The van der Waals surface area contributed by atoms with Gasteiger partial charge in [0.25, 0.3) is 0 Å². The number of rotatable bonds is 0. The van der Waals surface area contributed by atoms with Gasteiger partial charge in [-0.2, -0.15) is 31.6 Å². The van der Waals surface area contributed by atoms with Crippen LogP contribution in [0.25, 0.3) is 0 Å². The van der Waals surface area contributed by atoms with Crippen LogP contribution in [0.15, 0.2) is 16.6 Å². The highest BCUT2D eigenvalue weighted by Crippen LogP contribution is 2.44. The Labute approximate surface area is 99.8 Å². The second-order valence-electron chi connectivity index (χ2n) is 2.96. The molecule has 0 fully saturated rings. The van der Waals surface area contributed by atoms with Crippen LogP contribution in [-0.2, 0) is 12.4 Å². The Kier molecular flexibility index (Phi) is 3.43. The maximum absolute atomic E-state index is 12.5. The van der Waals surface area contributed by atoms with E-state index in [1.165, 1.54) is 6.07 Å². The van der Waals surface area contributed by atoms with Crippen molar-refractivity contribution < 1.29 is 26.3 Å². The summed E-state index contributed by atoms with van der Waals surface area (Å²) in [6, 6.07) is 2.30. The minimum absolute atomic E-state index is 0.242. The second-order valence-corrected chi connectivity index (χ2v) is 3.75. The molecule has 0 aromatic heterocycles. The first-order valence-electron chi connectivity index (χ1n) is 3.96. The average molecular weight is 318 g/mol. The number of benzene rings is 1. The molecule has 0 radical (unpaired) electrons. The van der Waals surface area contributed by atoms with E-state index in [0.29, 0.717) is 6.07 Å². The fourth-order valence-electron chi connectivity index (χ4n) is 1.18. The molecule has 92 valence electrons. The largest absolute Gasteiger partial charge is 0.418 e. The highest BCUT2D eigenvalue weighted by molar-refractivity contribution is 9.10. The Bertz CT molecular complexity index is 482. The molecule has 0 bridgehead atoms. The van der Waals surface area contributed by atoms with E-state index in [0.717, 1.165) is 0 Å². The van der Waals surface area contributed by atoms with Crippen LogP contribution in [0.5, 0.6) is 0 Å². The van der Waals surface area contributed by atoms with Crippen LogP contribution in [-0.4, -0.2) is 0 Å². The van der Waals surface area contributed by atoms with Crippen molar-refractivity contribution in [3.8, 4) is 6.07 Å². The van der Waals surface area contributed by atoms with Crippen molar-refractivity contribution in [3.05, 3.63) is 33.3 Å². The summed E-state index contributed by atoms with van der Waals surface area (Å²) in [5, 5.41) is 8.47. The zero-order chi connectivity index (χ0) is 13.4. The lowest BCUT2D eigenvalue weighted by molar-refractivity contribution is -0.162. The van der Waals surface area contributed by atoms with E-state index in [-0.39, 0.29) is 6.07 Å². The molecule has 1 aromatic rings. The van der Waals surface area contributed by atoms with Crippen LogP contribution in [0.2, 0.25) is 0 Å². The summed E-state index contributed by atoms with van der Waals surface area (Å²) < 4.78 is 73.8. The molecule has 0 aliphatic rings. The lowest BCUT2D eigenvalue weighted by Gasteiger charge is -2.17. The van der Waals surface area contributed by atoms with Gasteiger partial charge in [-0.3, -0.25) is 0 Å². The first-order chi connectivity index (χ1) is 7.59. The van der Waals surface area contributed by atoms with E-state index >= 15 is 0 Å². The number of hydrogen-bond donors (Lipinski definition) is 0. The molecule has 0 amide bonds. The number of alkyl halides is 6. The minimum atomic E-state index is -5.20. The van der Waals surface area contributed by atoms with Gasteiger partial charge in [-0.15, -0.1) is 0 Å². The van der Waals surface area contributed by atoms with Gasteiger partial charge in [0, 0.05) is 4.47 Å². The van der Waals surface area contributed by atoms with Gasteiger partial charge < -0.3 is 0 Å². The Balaban J connectivity index is 3.67. The summed E-state index contributed by atoms with van der Waals surface area (Å²) in [4.78, 5) is 0. The standard InChI is InChI=1S/C9H2BrF6N/c10-7-4(3-17)1-2-5(8(11,12)13)6(7)9(14,15)16/h1-2H. The quantitative estimate of drug-likeness (QED) is 0.652. The van der Waals surface area contributed by atoms with Gasteiger partial charge in [0.05, 0.1) is 16.7 Å². The molecule has 17 heavy (non-hydrogen) atoms. The first-order valence-corrected chi connectivity index (χ1v) is 4.75. The number of nitriles is 1. The van der Waals surface area contributed by atoms with Crippen LogP contribution in [0.3, 0.4) is 0 Å². The predicted octanol–water partition coefficient (Wildman–Crippen LogP) is 4.36. The molecule has 0 unspecified atom stereocenters.